The summed E-state index contributed by atoms with van der Waals surface area (Å²) < 4.78 is 0. The van der Waals surface area contributed by atoms with Gasteiger partial charge in [-0.1, -0.05) is 31.8 Å². The van der Waals surface area contributed by atoms with E-state index in [-0.39, 0.29) is 0 Å². The van der Waals surface area contributed by atoms with Gasteiger partial charge in [0.1, 0.15) is 0 Å². The molecule has 0 aromatic carbocycles. The summed E-state index contributed by atoms with van der Waals surface area (Å²) in [6.07, 6.45) is 8.14. The Balaban J connectivity index is 0.0000000800. The van der Waals surface area contributed by atoms with Gasteiger partial charge in [-0.25, -0.2) is 0 Å². The second-order valence-electron chi connectivity index (χ2n) is 2.12. The van der Waals surface area contributed by atoms with Crippen molar-refractivity contribution < 1.29 is 0 Å². The topological polar surface area (TPSA) is 0 Å². The lowest BCUT2D eigenvalue weighted by molar-refractivity contribution is 0.504. The molecule has 0 bridgehead atoms. The van der Waals surface area contributed by atoms with E-state index in [1.54, 1.807) is 0 Å². The minimum absolute atomic E-state index is 1.24. The van der Waals surface area contributed by atoms with Gasteiger partial charge in [0.2, 0.25) is 0 Å². The molecule has 0 unspecified atom stereocenters. The number of thioether (sulfide) groups is 1. The lowest BCUT2D eigenvalue weighted by Crippen LogP contribution is -1.85. The van der Waals surface area contributed by atoms with Crippen LogP contribution in [-0.4, -0.2) is 5.75 Å². The number of hydrogen-bond acceptors (Lipinski definition) is 1. The predicted octanol–water partition coefficient (Wildman–Crippen LogP) is 2.81. The van der Waals surface area contributed by atoms with Crippen molar-refractivity contribution in [1.29, 1.82) is 0 Å². The van der Waals surface area contributed by atoms with Gasteiger partial charge >= 0.3 is 0 Å². The standard InChI is InChI=1S/C4H8.C3H4S/c2*1-2-4-3-1/h1-4H2;1-2H,3H2. The molecule has 0 spiro atoms. The molecular weight excluding hydrogens is 116 g/mol. The molecule has 1 saturated carbocycles. The van der Waals surface area contributed by atoms with Crippen LogP contribution in [0.2, 0.25) is 0 Å². The first-order chi connectivity index (χ1) is 4.00. The molecule has 1 heterocycles. The Hall–Kier alpha value is 0.0900. The lowest BCUT2D eigenvalue weighted by Gasteiger charge is -2.05. The van der Waals surface area contributed by atoms with Crippen molar-refractivity contribution in [2.45, 2.75) is 25.7 Å². The maximum Gasteiger partial charge on any atom is 0.0162 e. The summed E-state index contributed by atoms with van der Waals surface area (Å²) in [4.78, 5) is 0. The third kappa shape index (κ3) is 2.41. The third-order valence-electron chi connectivity index (χ3n) is 1.38. The second kappa shape index (κ2) is 4.02. The Kier molecular flexibility index (Phi) is 3.12. The molecule has 0 amide bonds. The smallest absolute Gasteiger partial charge is 0.0162 e. The van der Waals surface area contributed by atoms with Crippen LogP contribution in [0.5, 0.6) is 0 Å². The van der Waals surface area contributed by atoms with Gasteiger partial charge in [0.25, 0.3) is 0 Å². The summed E-state index contributed by atoms with van der Waals surface area (Å²) >= 11 is 1.86. The summed E-state index contributed by atoms with van der Waals surface area (Å²) in [7, 11) is 0. The Morgan fingerprint density at radius 3 is 1.25 bits per heavy atom. The molecule has 0 N–H and O–H groups in total. The first kappa shape index (κ1) is 6.21. The molecule has 2 aliphatic rings. The molecule has 46 valence electrons. The van der Waals surface area contributed by atoms with Crippen LogP contribution < -0.4 is 0 Å². The largest absolute Gasteiger partial charge is 0.130 e. The van der Waals surface area contributed by atoms with E-state index in [0.29, 0.717) is 0 Å². The van der Waals surface area contributed by atoms with E-state index in [1.165, 1.54) is 31.4 Å². The fraction of sp³-hybridized carbons (Fsp3) is 0.714. The highest BCUT2D eigenvalue weighted by molar-refractivity contribution is 8.03. The fourth-order valence-corrected chi connectivity index (χ4v) is 0.539. The Labute approximate surface area is 55.4 Å². The van der Waals surface area contributed by atoms with Gasteiger partial charge in [-0.05, 0) is 5.41 Å². The minimum Gasteiger partial charge on any atom is -0.130 e. The van der Waals surface area contributed by atoms with E-state index < -0.39 is 0 Å². The van der Waals surface area contributed by atoms with Crippen LogP contribution in [0.3, 0.4) is 0 Å². The molecular formula is C7H12S. The molecule has 1 fully saturated rings. The SMILES string of the molecule is C1=CSC1.C1CCC1. The Morgan fingerprint density at radius 2 is 1.25 bits per heavy atom. The van der Waals surface area contributed by atoms with Crippen molar-refractivity contribution >= 4 is 11.8 Å². The van der Waals surface area contributed by atoms with Crippen LogP contribution >= 0.6 is 11.8 Å². The van der Waals surface area contributed by atoms with Gasteiger partial charge in [0, 0.05) is 5.75 Å². The van der Waals surface area contributed by atoms with Gasteiger partial charge in [0.15, 0.2) is 0 Å². The van der Waals surface area contributed by atoms with Crippen molar-refractivity contribution in [3.8, 4) is 0 Å². The molecule has 1 aliphatic heterocycles. The highest BCUT2D eigenvalue weighted by Crippen LogP contribution is 2.15. The molecule has 0 aromatic heterocycles. The van der Waals surface area contributed by atoms with Gasteiger partial charge < -0.3 is 0 Å². The van der Waals surface area contributed by atoms with Gasteiger partial charge in [-0.2, -0.15) is 0 Å². The molecule has 1 heteroatoms. The summed E-state index contributed by atoms with van der Waals surface area (Å²) in [5, 5.41) is 2.10. The first-order valence-corrected chi connectivity index (χ1v) is 4.31. The highest BCUT2D eigenvalue weighted by atomic mass is 32.2. The molecule has 0 aromatic rings. The average Bonchev–Trinajstić information content (AvgIpc) is 1.12. The van der Waals surface area contributed by atoms with E-state index in [1.807, 2.05) is 11.8 Å². The molecule has 0 radical (unpaired) electrons. The number of hydrogen-bond donors (Lipinski definition) is 0. The molecule has 0 saturated heterocycles. The van der Waals surface area contributed by atoms with Crippen LogP contribution in [0, 0.1) is 0 Å². The maximum atomic E-state index is 2.14. The first-order valence-electron chi connectivity index (χ1n) is 3.27. The minimum atomic E-state index is 1.24. The normalized spacial score (nSPS) is 22.0. The van der Waals surface area contributed by atoms with Crippen LogP contribution in [-0.2, 0) is 0 Å². The quantitative estimate of drug-likeness (QED) is 0.483. The van der Waals surface area contributed by atoms with Crippen molar-refractivity contribution in [2.75, 3.05) is 5.75 Å². The van der Waals surface area contributed by atoms with E-state index >= 15 is 0 Å². The van der Waals surface area contributed by atoms with Crippen molar-refractivity contribution in [3.63, 3.8) is 0 Å². The monoisotopic (exact) mass is 128 g/mol. The molecule has 2 rings (SSSR count). The van der Waals surface area contributed by atoms with E-state index in [4.69, 9.17) is 0 Å². The van der Waals surface area contributed by atoms with Crippen LogP contribution in [0.4, 0.5) is 0 Å². The van der Waals surface area contributed by atoms with Crippen molar-refractivity contribution in [1.82, 2.24) is 0 Å². The van der Waals surface area contributed by atoms with Gasteiger partial charge in [-0.3, -0.25) is 0 Å². The Morgan fingerprint density at radius 1 is 1.00 bits per heavy atom. The van der Waals surface area contributed by atoms with Crippen molar-refractivity contribution in [2.24, 2.45) is 0 Å². The van der Waals surface area contributed by atoms with Crippen LogP contribution in [0.25, 0.3) is 0 Å². The summed E-state index contributed by atoms with van der Waals surface area (Å²) in [5.74, 6) is 1.24. The molecule has 8 heavy (non-hydrogen) atoms. The van der Waals surface area contributed by atoms with E-state index in [2.05, 4.69) is 11.5 Å². The van der Waals surface area contributed by atoms with Crippen LogP contribution in [0.1, 0.15) is 25.7 Å². The molecule has 0 nitrogen and oxygen atoms in total. The van der Waals surface area contributed by atoms with Gasteiger partial charge in [-0.15, -0.1) is 11.8 Å². The summed E-state index contributed by atoms with van der Waals surface area (Å²) in [6.45, 7) is 0. The fourth-order valence-electron chi connectivity index (χ4n) is 0.346. The number of rotatable bonds is 0. The third-order valence-corrected chi connectivity index (χ3v) is 2.15. The zero-order chi connectivity index (χ0) is 5.66. The van der Waals surface area contributed by atoms with E-state index in [9.17, 15) is 0 Å². The predicted molar refractivity (Wildman–Crippen MR) is 40.1 cm³/mol. The van der Waals surface area contributed by atoms with E-state index in [0.717, 1.165) is 0 Å². The summed E-state index contributed by atoms with van der Waals surface area (Å²) in [6, 6.07) is 0. The zero-order valence-corrected chi connectivity index (χ0v) is 5.91. The highest BCUT2D eigenvalue weighted by Gasteiger charge is 1.95. The summed E-state index contributed by atoms with van der Waals surface area (Å²) in [5.41, 5.74) is 0. The molecule has 0 atom stereocenters. The van der Waals surface area contributed by atoms with Gasteiger partial charge in [0.05, 0.1) is 0 Å². The Bertz CT molecular complexity index is 62.5. The zero-order valence-electron chi connectivity index (χ0n) is 5.10. The van der Waals surface area contributed by atoms with Crippen molar-refractivity contribution in [3.05, 3.63) is 11.5 Å². The second-order valence-corrected chi connectivity index (χ2v) is 3.06. The average molecular weight is 128 g/mol. The van der Waals surface area contributed by atoms with Crippen LogP contribution in [0.15, 0.2) is 11.5 Å². The lowest BCUT2D eigenvalue weighted by atomic mass is 10.0. The maximum absolute atomic E-state index is 2.14. The molecule has 1 aliphatic carbocycles.